The largest absolute Gasteiger partial charge is 0.416 e. The molecule has 1 saturated heterocycles. The number of carbonyl (C=O) groups is 1. The third-order valence-electron chi connectivity index (χ3n) is 4.29. The van der Waals surface area contributed by atoms with Crippen molar-refractivity contribution in [1.29, 1.82) is 0 Å². The minimum Gasteiger partial charge on any atom is -0.293 e. The zero-order chi connectivity index (χ0) is 19.7. The first-order valence-electron chi connectivity index (χ1n) is 8.14. The Morgan fingerprint density at radius 3 is 2.37 bits per heavy atom. The van der Waals surface area contributed by atoms with Crippen LogP contribution in [-0.2, 0) is 16.2 Å². The van der Waals surface area contributed by atoms with E-state index in [4.69, 9.17) is 0 Å². The van der Waals surface area contributed by atoms with Crippen LogP contribution in [0.25, 0.3) is 0 Å². The maximum atomic E-state index is 12.8. The number of benzene rings is 1. The van der Waals surface area contributed by atoms with Crippen LogP contribution in [0.1, 0.15) is 15.2 Å². The Labute approximate surface area is 159 Å². The summed E-state index contributed by atoms with van der Waals surface area (Å²) in [6.45, 7) is 1.12. The molecule has 1 aromatic carbocycles. The van der Waals surface area contributed by atoms with E-state index < -0.39 is 21.8 Å². The van der Waals surface area contributed by atoms with Crippen LogP contribution in [0.15, 0.2) is 46.7 Å². The summed E-state index contributed by atoms with van der Waals surface area (Å²) in [5.74, 6) is -0.0285. The van der Waals surface area contributed by atoms with Crippen LogP contribution in [0.3, 0.4) is 0 Å². The van der Waals surface area contributed by atoms with Crippen LogP contribution in [0.2, 0.25) is 0 Å². The highest BCUT2D eigenvalue weighted by molar-refractivity contribution is 7.89. The minimum absolute atomic E-state index is 0.0285. The van der Waals surface area contributed by atoms with Crippen molar-refractivity contribution in [2.24, 2.45) is 0 Å². The molecule has 146 valence electrons. The Morgan fingerprint density at radius 2 is 1.78 bits per heavy atom. The highest BCUT2D eigenvalue weighted by Gasteiger charge is 2.34. The molecule has 1 aliphatic heterocycles. The second kappa shape index (κ2) is 7.70. The Hall–Kier alpha value is -1.75. The van der Waals surface area contributed by atoms with E-state index in [0.717, 1.165) is 22.5 Å². The number of nitrogens with zero attached hydrogens (tertiary/aromatic N) is 2. The molecule has 0 unspecified atom stereocenters. The Bertz CT molecular complexity index is 904. The van der Waals surface area contributed by atoms with E-state index in [-0.39, 0.29) is 30.3 Å². The first kappa shape index (κ1) is 20.0. The van der Waals surface area contributed by atoms with Gasteiger partial charge in [-0.3, -0.25) is 9.69 Å². The lowest BCUT2D eigenvalue weighted by Gasteiger charge is -2.33. The summed E-state index contributed by atoms with van der Waals surface area (Å²) in [5.41, 5.74) is -0.997. The predicted octanol–water partition coefficient (Wildman–Crippen LogP) is 2.96. The summed E-state index contributed by atoms with van der Waals surface area (Å²) < 4.78 is 65.0. The predicted molar refractivity (Wildman–Crippen MR) is 95.3 cm³/mol. The van der Waals surface area contributed by atoms with Crippen LogP contribution in [-0.4, -0.2) is 56.1 Å². The second-order valence-corrected chi connectivity index (χ2v) is 8.99. The third kappa shape index (κ3) is 4.57. The fraction of sp³-hybridized carbons (Fsp3) is 0.353. The van der Waals surface area contributed by atoms with Gasteiger partial charge < -0.3 is 0 Å². The van der Waals surface area contributed by atoms with Gasteiger partial charge in [0.15, 0.2) is 5.78 Å². The van der Waals surface area contributed by atoms with Crippen molar-refractivity contribution < 1.29 is 26.4 Å². The van der Waals surface area contributed by atoms with Crippen LogP contribution < -0.4 is 0 Å². The molecule has 27 heavy (non-hydrogen) atoms. The summed E-state index contributed by atoms with van der Waals surface area (Å²) in [4.78, 5) is 14.3. The number of thiophene rings is 1. The van der Waals surface area contributed by atoms with Crippen molar-refractivity contribution in [3.63, 3.8) is 0 Å². The van der Waals surface area contributed by atoms with Gasteiger partial charge in [0.1, 0.15) is 0 Å². The number of halogens is 3. The van der Waals surface area contributed by atoms with E-state index in [2.05, 4.69) is 0 Å². The standard InChI is InChI=1S/C17H17F3N2O3S2/c18-17(19,20)13-3-1-4-14(11-13)27(24,25)22-8-6-21(7-9-22)12-15(23)16-5-2-10-26-16/h1-5,10-11H,6-9,12H2. The molecule has 5 nitrogen and oxygen atoms in total. The highest BCUT2D eigenvalue weighted by atomic mass is 32.2. The number of rotatable bonds is 5. The molecule has 0 bridgehead atoms. The molecular weight excluding hydrogens is 401 g/mol. The molecule has 0 amide bonds. The number of hydrogen-bond acceptors (Lipinski definition) is 5. The van der Waals surface area contributed by atoms with Crippen molar-refractivity contribution >= 4 is 27.1 Å². The van der Waals surface area contributed by atoms with Gasteiger partial charge in [-0.2, -0.15) is 17.5 Å². The molecule has 0 N–H and O–H groups in total. The lowest BCUT2D eigenvalue weighted by molar-refractivity contribution is -0.137. The summed E-state index contributed by atoms with van der Waals surface area (Å²) in [7, 11) is -4.02. The van der Waals surface area contributed by atoms with Gasteiger partial charge in [-0.05, 0) is 29.6 Å². The summed E-state index contributed by atoms with van der Waals surface area (Å²) in [6.07, 6.45) is -4.60. The molecule has 0 saturated carbocycles. The molecular formula is C17H17F3N2O3S2. The molecule has 0 spiro atoms. The zero-order valence-corrected chi connectivity index (χ0v) is 15.8. The van der Waals surface area contributed by atoms with Gasteiger partial charge >= 0.3 is 6.18 Å². The monoisotopic (exact) mass is 418 g/mol. The Morgan fingerprint density at radius 1 is 1.07 bits per heavy atom. The molecule has 0 radical (unpaired) electrons. The molecule has 1 aromatic heterocycles. The van der Waals surface area contributed by atoms with Crippen molar-refractivity contribution in [2.45, 2.75) is 11.1 Å². The van der Waals surface area contributed by atoms with Gasteiger partial charge in [0.25, 0.3) is 0 Å². The van der Waals surface area contributed by atoms with Crippen molar-refractivity contribution in [3.8, 4) is 0 Å². The molecule has 3 rings (SSSR count). The SMILES string of the molecule is O=C(CN1CCN(S(=O)(=O)c2cccc(C(F)(F)F)c2)CC1)c1cccs1. The van der Waals surface area contributed by atoms with E-state index in [1.165, 1.54) is 11.3 Å². The van der Waals surface area contributed by atoms with Crippen LogP contribution in [0.4, 0.5) is 13.2 Å². The molecule has 1 fully saturated rings. The van der Waals surface area contributed by atoms with Gasteiger partial charge in [0.2, 0.25) is 10.0 Å². The number of hydrogen-bond donors (Lipinski definition) is 0. The topological polar surface area (TPSA) is 57.7 Å². The van der Waals surface area contributed by atoms with Crippen molar-refractivity contribution in [3.05, 3.63) is 52.2 Å². The highest BCUT2D eigenvalue weighted by Crippen LogP contribution is 2.31. The quantitative estimate of drug-likeness (QED) is 0.701. The Kier molecular flexibility index (Phi) is 5.71. The molecule has 1 aliphatic rings. The number of Topliss-reactive ketones (excluding diaryl/α,β-unsaturated/α-hetero) is 1. The second-order valence-electron chi connectivity index (χ2n) is 6.11. The number of sulfonamides is 1. The van der Waals surface area contributed by atoms with Crippen molar-refractivity contribution in [1.82, 2.24) is 9.21 Å². The van der Waals surface area contributed by atoms with Gasteiger partial charge in [0, 0.05) is 26.2 Å². The third-order valence-corrected chi connectivity index (χ3v) is 7.10. The molecule has 0 aliphatic carbocycles. The number of alkyl halides is 3. The van der Waals surface area contributed by atoms with Gasteiger partial charge in [-0.1, -0.05) is 12.1 Å². The minimum atomic E-state index is -4.60. The molecule has 2 heterocycles. The molecule has 0 atom stereocenters. The van der Waals surface area contributed by atoms with E-state index in [0.29, 0.717) is 24.0 Å². The lowest BCUT2D eigenvalue weighted by Crippen LogP contribution is -2.49. The smallest absolute Gasteiger partial charge is 0.293 e. The van der Waals surface area contributed by atoms with Crippen LogP contribution >= 0.6 is 11.3 Å². The molecule has 10 heteroatoms. The maximum Gasteiger partial charge on any atom is 0.416 e. The first-order valence-corrected chi connectivity index (χ1v) is 10.5. The van der Waals surface area contributed by atoms with E-state index >= 15 is 0 Å². The Balaban J connectivity index is 1.66. The average Bonchev–Trinajstić information content (AvgIpc) is 3.16. The van der Waals surface area contributed by atoms with Crippen LogP contribution in [0.5, 0.6) is 0 Å². The van der Waals surface area contributed by atoms with E-state index in [1.807, 2.05) is 10.3 Å². The summed E-state index contributed by atoms with van der Waals surface area (Å²) in [5, 5.41) is 1.81. The van der Waals surface area contributed by atoms with E-state index in [1.54, 1.807) is 12.1 Å². The fourth-order valence-corrected chi connectivity index (χ4v) is 4.95. The lowest BCUT2D eigenvalue weighted by atomic mass is 10.2. The average molecular weight is 418 g/mol. The number of carbonyl (C=O) groups excluding carboxylic acids is 1. The van der Waals surface area contributed by atoms with Crippen molar-refractivity contribution in [2.75, 3.05) is 32.7 Å². The van der Waals surface area contributed by atoms with Gasteiger partial charge in [-0.15, -0.1) is 11.3 Å². The number of piperazine rings is 1. The van der Waals surface area contributed by atoms with Gasteiger partial charge in [-0.25, -0.2) is 8.42 Å². The maximum absolute atomic E-state index is 12.8. The zero-order valence-electron chi connectivity index (χ0n) is 14.1. The summed E-state index contributed by atoms with van der Waals surface area (Å²) >= 11 is 1.35. The first-order chi connectivity index (χ1) is 12.7. The van der Waals surface area contributed by atoms with Crippen LogP contribution in [0, 0.1) is 0 Å². The number of ketones is 1. The van der Waals surface area contributed by atoms with E-state index in [9.17, 15) is 26.4 Å². The van der Waals surface area contributed by atoms with Gasteiger partial charge in [0.05, 0.1) is 21.9 Å². The summed E-state index contributed by atoms with van der Waals surface area (Å²) in [6, 6.07) is 7.27. The fourth-order valence-electron chi connectivity index (χ4n) is 2.83. The molecule has 2 aromatic rings. The normalized spacial score (nSPS) is 17.1.